The summed E-state index contributed by atoms with van der Waals surface area (Å²) in [7, 11) is 0. The van der Waals surface area contributed by atoms with E-state index in [1.165, 1.54) is 12.1 Å². The molecule has 29 heavy (non-hydrogen) atoms. The van der Waals surface area contributed by atoms with E-state index in [1.807, 2.05) is 24.3 Å². The van der Waals surface area contributed by atoms with Crippen molar-refractivity contribution in [3.05, 3.63) is 65.2 Å². The molecular weight excluding hydrogens is 405 g/mol. The van der Waals surface area contributed by atoms with Crippen LogP contribution in [-0.4, -0.2) is 25.7 Å². The van der Waals surface area contributed by atoms with Crippen LogP contribution in [0.25, 0.3) is 0 Å². The molecule has 4 nitrogen and oxygen atoms in total. The number of fused-ring (bicyclic) bond motifs is 2. The van der Waals surface area contributed by atoms with E-state index in [0.717, 1.165) is 54.9 Å². The van der Waals surface area contributed by atoms with Crippen LogP contribution in [0.2, 0.25) is 0 Å². The number of para-hydroxylation sites is 1. The number of carbonyl (C=O) groups excluding carboxylic acids is 1. The fourth-order valence-electron chi connectivity index (χ4n) is 3.98. The number of hydrogen-bond donors (Lipinski definition) is 1. The van der Waals surface area contributed by atoms with Crippen molar-refractivity contribution in [1.29, 1.82) is 0 Å². The molecule has 0 atom stereocenters. The second kappa shape index (κ2) is 8.24. The summed E-state index contributed by atoms with van der Waals surface area (Å²) in [6.45, 7) is 1.91. The number of piperidine rings is 1. The van der Waals surface area contributed by atoms with Crippen LogP contribution in [0.4, 0.5) is 23.7 Å². The van der Waals surface area contributed by atoms with Crippen LogP contribution in [0, 0.1) is 0 Å². The third-order valence-corrected chi connectivity index (χ3v) is 5.51. The largest absolute Gasteiger partial charge is 0.437 e. The van der Waals surface area contributed by atoms with Crippen LogP contribution >= 0.6 is 12.4 Å². The van der Waals surface area contributed by atoms with E-state index in [4.69, 9.17) is 4.74 Å². The minimum atomic E-state index is -4.35. The Morgan fingerprint density at radius 3 is 2.34 bits per heavy atom. The van der Waals surface area contributed by atoms with Crippen LogP contribution < -0.4 is 10.2 Å². The fraction of sp³-hybridized carbons (Fsp3) is 0.381. The number of amides is 1. The van der Waals surface area contributed by atoms with E-state index >= 15 is 0 Å². The molecule has 1 amide bonds. The second-order valence-corrected chi connectivity index (χ2v) is 7.23. The molecule has 156 valence electrons. The van der Waals surface area contributed by atoms with E-state index in [-0.39, 0.29) is 12.4 Å². The van der Waals surface area contributed by atoms with Crippen molar-refractivity contribution >= 4 is 24.2 Å². The number of nitrogens with zero attached hydrogens (tertiary/aromatic N) is 1. The lowest BCUT2D eigenvalue weighted by atomic mass is 9.82. The van der Waals surface area contributed by atoms with Crippen molar-refractivity contribution in [3.63, 3.8) is 0 Å². The average Bonchev–Trinajstić information content (AvgIpc) is 2.68. The number of nitrogens with one attached hydrogen (secondary N) is 1. The predicted molar refractivity (Wildman–Crippen MR) is 106 cm³/mol. The highest BCUT2D eigenvalue weighted by Crippen LogP contribution is 2.44. The molecular formula is C21H22ClF3N2O2. The fourth-order valence-corrected chi connectivity index (χ4v) is 3.98. The molecule has 1 N–H and O–H groups in total. The van der Waals surface area contributed by atoms with Crippen LogP contribution in [0.15, 0.2) is 48.5 Å². The Bertz CT molecular complexity index is 865. The summed E-state index contributed by atoms with van der Waals surface area (Å²) < 4.78 is 44.0. The van der Waals surface area contributed by atoms with Crippen LogP contribution in [0.1, 0.15) is 29.5 Å². The van der Waals surface area contributed by atoms with Crippen molar-refractivity contribution < 1.29 is 22.7 Å². The molecule has 0 bridgehead atoms. The van der Waals surface area contributed by atoms with E-state index in [2.05, 4.69) is 5.32 Å². The van der Waals surface area contributed by atoms with E-state index < -0.39 is 23.4 Å². The number of rotatable bonds is 3. The highest BCUT2D eigenvalue weighted by Gasteiger charge is 2.45. The normalized spacial score (nSPS) is 18.0. The number of alkyl halides is 3. The van der Waals surface area contributed by atoms with Gasteiger partial charge in [-0.2, -0.15) is 13.2 Å². The average molecular weight is 427 g/mol. The molecule has 0 unspecified atom stereocenters. The van der Waals surface area contributed by atoms with Crippen molar-refractivity contribution in [2.75, 3.05) is 24.5 Å². The molecule has 0 aliphatic carbocycles. The Hall–Kier alpha value is -2.25. The first-order valence-corrected chi connectivity index (χ1v) is 9.36. The van der Waals surface area contributed by atoms with Gasteiger partial charge in [0.25, 0.3) is 0 Å². The number of carbonyl (C=O) groups is 1. The molecule has 1 saturated heterocycles. The monoisotopic (exact) mass is 426 g/mol. The van der Waals surface area contributed by atoms with Gasteiger partial charge in [-0.15, -0.1) is 12.4 Å². The smallest absolute Gasteiger partial charge is 0.416 e. The van der Waals surface area contributed by atoms with Gasteiger partial charge in [0.05, 0.1) is 11.3 Å². The number of benzene rings is 2. The van der Waals surface area contributed by atoms with E-state index in [0.29, 0.717) is 13.0 Å². The van der Waals surface area contributed by atoms with Crippen molar-refractivity contribution in [1.82, 2.24) is 5.32 Å². The Kier molecular flexibility index (Phi) is 6.10. The summed E-state index contributed by atoms with van der Waals surface area (Å²) in [4.78, 5) is 14.4. The molecule has 1 spiro atoms. The minimum Gasteiger partial charge on any atom is -0.437 e. The summed E-state index contributed by atoms with van der Waals surface area (Å²) in [6.07, 6.45) is -2.86. The van der Waals surface area contributed by atoms with E-state index in [1.54, 1.807) is 4.90 Å². The molecule has 2 heterocycles. The standard InChI is InChI=1S/C21H21F3N2O2.ClH/c22-21(23,24)16-7-5-15(6-8-16)9-14-26-18-4-2-1-3-17(18)20(28-19(26)27)10-12-25-13-11-20;/h1-8,25H,9-14H2;1H. The summed E-state index contributed by atoms with van der Waals surface area (Å²) >= 11 is 0. The second-order valence-electron chi connectivity index (χ2n) is 7.23. The van der Waals surface area contributed by atoms with Gasteiger partial charge < -0.3 is 10.1 Å². The van der Waals surface area contributed by atoms with Gasteiger partial charge >= 0.3 is 12.3 Å². The van der Waals surface area contributed by atoms with Gasteiger partial charge in [0, 0.05) is 24.9 Å². The SMILES string of the molecule is Cl.O=C1OC2(CCNCC2)c2ccccc2N1CCc1ccc(C(F)(F)F)cc1. The third kappa shape index (κ3) is 4.21. The zero-order chi connectivity index (χ0) is 19.8. The Labute approximate surface area is 173 Å². The zero-order valence-electron chi connectivity index (χ0n) is 15.7. The van der Waals surface area contributed by atoms with Gasteiger partial charge in [-0.1, -0.05) is 30.3 Å². The number of halogens is 4. The lowest BCUT2D eigenvalue weighted by Crippen LogP contribution is -2.51. The summed E-state index contributed by atoms with van der Waals surface area (Å²) in [5.74, 6) is 0. The zero-order valence-corrected chi connectivity index (χ0v) is 16.5. The molecule has 0 saturated carbocycles. The number of anilines is 1. The number of hydrogen-bond acceptors (Lipinski definition) is 3. The quantitative estimate of drug-likeness (QED) is 0.758. The van der Waals surface area contributed by atoms with Gasteiger partial charge in [-0.3, -0.25) is 4.90 Å². The van der Waals surface area contributed by atoms with Gasteiger partial charge in [-0.25, -0.2) is 4.79 Å². The highest BCUT2D eigenvalue weighted by molar-refractivity contribution is 5.91. The minimum absolute atomic E-state index is 0. The highest BCUT2D eigenvalue weighted by atomic mass is 35.5. The van der Waals surface area contributed by atoms with Gasteiger partial charge in [-0.05, 0) is 43.3 Å². The first kappa shape index (κ1) is 21.5. The molecule has 2 aliphatic rings. The number of ether oxygens (including phenoxy) is 1. The van der Waals surface area contributed by atoms with Crippen LogP contribution in [0.3, 0.4) is 0 Å². The molecule has 2 aromatic carbocycles. The topological polar surface area (TPSA) is 41.6 Å². The maximum absolute atomic E-state index is 12.8. The Morgan fingerprint density at radius 2 is 1.69 bits per heavy atom. The third-order valence-electron chi connectivity index (χ3n) is 5.51. The van der Waals surface area contributed by atoms with Gasteiger partial charge in [0.2, 0.25) is 0 Å². The first-order valence-electron chi connectivity index (χ1n) is 9.36. The maximum atomic E-state index is 12.8. The maximum Gasteiger partial charge on any atom is 0.416 e. The van der Waals surface area contributed by atoms with E-state index in [9.17, 15) is 18.0 Å². The molecule has 4 rings (SSSR count). The summed E-state index contributed by atoms with van der Waals surface area (Å²) in [6, 6.07) is 12.8. The summed E-state index contributed by atoms with van der Waals surface area (Å²) in [5.41, 5.74) is 1.30. The molecule has 0 radical (unpaired) electrons. The predicted octanol–water partition coefficient (Wildman–Crippen LogP) is 4.91. The molecule has 0 aromatic heterocycles. The van der Waals surface area contributed by atoms with Crippen molar-refractivity contribution in [2.45, 2.75) is 31.0 Å². The summed E-state index contributed by atoms with van der Waals surface area (Å²) in [5, 5.41) is 3.29. The Balaban J connectivity index is 0.00000240. The molecule has 2 aliphatic heterocycles. The lowest BCUT2D eigenvalue weighted by Gasteiger charge is -2.44. The van der Waals surface area contributed by atoms with Crippen molar-refractivity contribution in [2.24, 2.45) is 0 Å². The van der Waals surface area contributed by atoms with Crippen LogP contribution in [0.5, 0.6) is 0 Å². The van der Waals surface area contributed by atoms with Crippen LogP contribution in [-0.2, 0) is 22.9 Å². The lowest BCUT2D eigenvalue weighted by molar-refractivity contribution is -0.137. The van der Waals surface area contributed by atoms with Gasteiger partial charge in [0.1, 0.15) is 5.60 Å². The molecule has 1 fully saturated rings. The van der Waals surface area contributed by atoms with Crippen molar-refractivity contribution in [3.8, 4) is 0 Å². The molecule has 2 aromatic rings. The molecule has 8 heteroatoms. The van der Waals surface area contributed by atoms with Gasteiger partial charge in [0.15, 0.2) is 0 Å². The first-order chi connectivity index (χ1) is 13.4. The Morgan fingerprint density at radius 1 is 1.03 bits per heavy atom.